The van der Waals surface area contributed by atoms with Crippen molar-refractivity contribution in [3.63, 3.8) is 0 Å². The molecule has 1 atom stereocenters. The zero-order valence-electron chi connectivity index (χ0n) is 10.3. The van der Waals surface area contributed by atoms with Crippen LogP contribution in [0.5, 0.6) is 0 Å². The molecule has 1 aromatic carbocycles. The fourth-order valence-corrected chi connectivity index (χ4v) is 2.58. The van der Waals surface area contributed by atoms with Gasteiger partial charge in [-0.05, 0) is 12.5 Å². The molecule has 19 heavy (non-hydrogen) atoms. The van der Waals surface area contributed by atoms with Gasteiger partial charge in [0.05, 0.1) is 11.2 Å². The Hall–Kier alpha value is -1.79. The van der Waals surface area contributed by atoms with Crippen LogP contribution in [-0.2, 0) is 0 Å². The summed E-state index contributed by atoms with van der Waals surface area (Å²) in [5, 5.41) is 2.84. The molecule has 1 amide bonds. The molecule has 0 aliphatic rings. The Morgan fingerprint density at radius 2 is 2.11 bits per heavy atom. The van der Waals surface area contributed by atoms with Gasteiger partial charge < -0.3 is 11.1 Å². The van der Waals surface area contributed by atoms with Crippen LogP contribution in [0.25, 0.3) is 0 Å². The zero-order chi connectivity index (χ0) is 13.8. The van der Waals surface area contributed by atoms with E-state index in [0.717, 1.165) is 5.56 Å². The fraction of sp³-hybridized carbons (Fsp3) is 0.154. The smallest absolute Gasteiger partial charge is 0.264 e. The van der Waals surface area contributed by atoms with Crippen LogP contribution in [0.1, 0.15) is 27.0 Å². The number of nitrogens with one attached hydrogen (secondary N) is 1. The molecule has 1 unspecified atom stereocenters. The normalized spacial score (nSPS) is 11.8. The number of hydrogen-bond acceptors (Lipinski definition) is 4. The highest BCUT2D eigenvalue weighted by atomic mass is 32.1. The first-order valence-corrected chi connectivity index (χ1v) is 6.93. The number of hydrogen-bond donors (Lipinski definition) is 2. The van der Waals surface area contributed by atoms with E-state index in [1.54, 1.807) is 12.4 Å². The third kappa shape index (κ3) is 3.15. The maximum atomic E-state index is 12.2. The molecule has 0 bridgehead atoms. The van der Waals surface area contributed by atoms with Crippen molar-refractivity contribution in [3.8, 4) is 0 Å². The maximum absolute atomic E-state index is 12.2. The van der Waals surface area contributed by atoms with E-state index < -0.39 is 6.04 Å². The number of aryl methyl sites for hydroxylation is 1. The SMILES string of the molecule is Cc1ncsc1C(=O)NC(C(N)=S)c1ccccc1. The van der Waals surface area contributed by atoms with Crippen LogP contribution in [-0.4, -0.2) is 15.9 Å². The van der Waals surface area contributed by atoms with E-state index in [2.05, 4.69) is 10.3 Å². The second-order valence-corrected chi connectivity index (χ2v) is 5.31. The molecule has 0 fully saturated rings. The summed E-state index contributed by atoms with van der Waals surface area (Å²) in [4.78, 5) is 17.0. The average molecular weight is 291 g/mol. The average Bonchev–Trinajstić information content (AvgIpc) is 2.82. The molecule has 2 rings (SSSR count). The Bertz CT molecular complexity index is 595. The quantitative estimate of drug-likeness (QED) is 0.848. The van der Waals surface area contributed by atoms with Crippen molar-refractivity contribution in [1.82, 2.24) is 10.3 Å². The van der Waals surface area contributed by atoms with Gasteiger partial charge in [-0.3, -0.25) is 4.79 Å². The van der Waals surface area contributed by atoms with Crippen molar-refractivity contribution in [2.45, 2.75) is 13.0 Å². The van der Waals surface area contributed by atoms with Crippen molar-refractivity contribution >= 4 is 34.5 Å². The Morgan fingerprint density at radius 3 is 2.63 bits per heavy atom. The molecule has 0 aliphatic carbocycles. The van der Waals surface area contributed by atoms with E-state index >= 15 is 0 Å². The fourth-order valence-electron chi connectivity index (χ4n) is 1.68. The third-order valence-electron chi connectivity index (χ3n) is 2.64. The zero-order valence-corrected chi connectivity index (χ0v) is 11.9. The van der Waals surface area contributed by atoms with Gasteiger partial charge >= 0.3 is 0 Å². The summed E-state index contributed by atoms with van der Waals surface area (Å²) in [5.41, 5.74) is 8.93. The summed E-state index contributed by atoms with van der Waals surface area (Å²) in [7, 11) is 0. The summed E-state index contributed by atoms with van der Waals surface area (Å²) < 4.78 is 0. The molecule has 0 aliphatic heterocycles. The Balaban J connectivity index is 2.21. The number of benzene rings is 1. The molecular weight excluding hydrogens is 278 g/mol. The molecule has 6 heteroatoms. The highest BCUT2D eigenvalue weighted by Gasteiger charge is 2.20. The van der Waals surface area contributed by atoms with Gasteiger partial charge in [-0.15, -0.1) is 11.3 Å². The van der Waals surface area contributed by atoms with Crippen LogP contribution < -0.4 is 11.1 Å². The minimum Gasteiger partial charge on any atom is -0.391 e. The lowest BCUT2D eigenvalue weighted by molar-refractivity contribution is 0.0950. The summed E-state index contributed by atoms with van der Waals surface area (Å²) in [6, 6.07) is 8.95. The number of nitrogens with two attached hydrogens (primary N) is 1. The van der Waals surface area contributed by atoms with Crippen LogP contribution in [0.15, 0.2) is 35.8 Å². The van der Waals surface area contributed by atoms with Crippen LogP contribution >= 0.6 is 23.6 Å². The van der Waals surface area contributed by atoms with Crippen molar-refractivity contribution in [2.75, 3.05) is 0 Å². The largest absolute Gasteiger partial charge is 0.391 e. The summed E-state index contributed by atoms with van der Waals surface area (Å²) in [6.45, 7) is 1.80. The van der Waals surface area contributed by atoms with E-state index in [1.165, 1.54) is 11.3 Å². The number of carbonyl (C=O) groups excluding carboxylic acids is 1. The molecule has 98 valence electrons. The standard InChI is InChI=1S/C13H13N3OS2/c1-8-11(19-7-15-8)13(17)16-10(12(14)18)9-5-3-2-4-6-9/h2-7,10H,1H3,(H2,14,18)(H,16,17). The molecule has 0 saturated heterocycles. The second-order valence-electron chi connectivity index (χ2n) is 3.99. The topological polar surface area (TPSA) is 68.0 Å². The first-order chi connectivity index (χ1) is 9.09. The Morgan fingerprint density at radius 1 is 1.42 bits per heavy atom. The van der Waals surface area contributed by atoms with E-state index in [9.17, 15) is 4.79 Å². The maximum Gasteiger partial charge on any atom is 0.264 e. The second kappa shape index (κ2) is 5.90. The van der Waals surface area contributed by atoms with Crippen molar-refractivity contribution < 1.29 is 4.79 Å². The number of nitrogens with zero attached hydrogens (tertiary/aromatic N) is 1. The van der Waals surface area contributed by atoms with Gasteiger partial charge in [0.25, 0.3) is 5.91 Å². The Kier molecular flexibility index (Phi) is 4.24. The molecule has 3 N–H and O–H groups in total. The molecule has 1 heterocycles. The van der Waals surface area contributed by atoms with Crippen molar-refractivity contribution in [2.24, 2.45) is 5.73 Å². The van der Waals surface area contributed by atoms with Crippen LogP contribution in [0.2, 0.25) is 0 Å². The monoisotopic (exact) mass is 291 g/mol. The van der Waals surface area contributed by atoms with Gasteiger partial charge in [-0.1, -0.05) is 42.5 Å². The molecular formula is C13H13N3OS2. The van der Waals surface area contributed by atoms with Gasteiger partial charge in [0, 0.05) is 0 Å². The van der Waals surface area contributed by atoms with Crippen LogP contribution in [0.4, 0.5) is 0 Å². The number of amides is 1. The number of rotatable bonds is 4. The summed E-state index contributed by atoms with van der Waals surface area (Å²) in [5.74, 6) is -0.207. The van der Waals surface area contributed by atoms with E-state index in [0.29, 0.717) is 10.6 Å². The van der Waals surface area contributed by atoms with E-state index in [1.807, 2.05) is 30.3 Å². The van der Waals surface area contributed by atoms with Gasteiger partial charge in [0.2, 0.25) is 0 Å². The van der Waals surface area contributed by atoms with Gasteiger partial charge in [0.1, 0.15) is 15.9 Å². The van der Waals surface area contributed by atoms with E-state index in [4.69, 9.17) is 18.0 Å². The summed E-state index contributed by atoms with van der Waals surface area (Å²) >= 11 is 6.33. The van der Waals surface area contributed by atoms with Gasteiger partial charge in [-0.25, -0.2) is 4.98 Å². The lowest BCUT2D eigenvalue weighted by Crippen LogP contribution is -2.36. The first kappa shape index (κ1) is 13.6. The number of aromatic nitrogens is 1. The third-order valence-corrected chi connectivity index (χ3v) is 3.81. The predicted octanol–water partition coefficient (Wildman–Crippen LogP) is 2.21. The summed E-state index contributed by atoms with van der Waals surface area (Å²) in [6.07, 6.45) is 0. The number of thiazole rings is 1. The van der Waals surface area contributed by atoms with Gasteiger partial charge in [-0.2, -0.15) is 0 Å². The molecule has 0 saturated carbocycles. The molecule has 1 aromatic heterocycles. The van der Waals surface area contributed by atoms with Crippen LogP contribution in [0, 0.1) is 6.92 Å². The first-order valence-electron chi connectivity index (χ1n) is 5.65. The molecule has 0 radical (unpaired) electrons. The van der Waals surface area contributed by atoms with Crippen molar-refractivity contribution in [1.29, 1.82) is 0 Å². The number of thiocarbonyl (C=S) groups is 1. The Labute approximate surface area is 120 Å². The minimum atomic E-state index is -0.467. The highest BCUT2D eigenvalue weighted by Crippen LogP contribution is 2.17. The predicted molar refractivity (Wildman–Crippen MR) is 80.3 cm³/mol. The lowest BCUT2D eigenvalue weighted by Gasteiger charge is -2.17. The molecule has 4 nitrogen and oxygen atoms in total. The van der Waals surface area contributed by atoms with Crippen LogP contribution in [0.3, 0.4) is 0 Å². The molecule has 2 aromatic rings. The van der Waals surface area contributed by atoms with E-state index in [-0.39, 0.29) is 10.9 Å². The number of carbonyl (C=O) groups is 1. The van der Waals surface area contributed by atoms with Gasteiger partial charge in [0.15, 0.2) is 0 Å². The highest BCUT2D eigenvalue weighted by molar-refractivity contribution is 7.80. The molecule has 0 spiro atoms. The minimum absolute atomic E-state index is 0.207. The lowest BCUT2D eigenvalue weighted by atomic mass is 10.1. The van der Waals surface area contributed by atoms with Crippen molar-refractivity contribution in [3.05, 3.63) is 52.0 Å².